The third kappa shape index (κ3) is 13.9. The number of aliphatic hydroxyl groups is 3. The number of Topliss-reactive ketones (excluding diaryl/α,β-unsaturated/α-hetero) is 1. The smallest absolute Gasteiger partial charge is 0.345 e. The van der Waals surface area contributed by atoms with Crippen molar-refractivity contribution in [3.8, 4) is 0 Å². The topological polar surface area (TPSA) is 164 Å². The summed E-state index contributed by atoms with van der Waals surface area (Å²) >= 11 is 0. The van der Waals surface area contributed by atoms with E-state index in [0.717, 1.165) is 37.7 Å². The first-order valence-corrected chi connectivity index (χ1v) is 16.1. The zero-order valence-corrected chi connectivity index (χ0v) is 28.2. The molecule has 0 fully saturated rings. The van der Waals surface area contributed by atoms with Crippen LogP contribution in [0.3, 0.4) is 0 Å². The fourth-order valence-electron chi connectivity index (χ4n) is 5.33. The third-order valence-corrected chi connectivity index (χ3v) is 8.74. The minimum absolute atomic E-state index is 0.0353. The molecule has 254 valence electrons. The van der Waals surface area contributed by atoms with Crippen LogP contribution in [0.4, 0.5) is 0 Å². The zero-order valence-electron chi connectivity index (χ0n) is 28.2. The summed E-state index contributed by atoms with van der Waals surface area (Å²) in [6, 6.07) is 0. The highest BCUT2D eigenvalue weighted by Gasteiger charge is 2.36. The van der Waals surface area contributed by atoms with Crippen molar-refractivity contribution in [2.75, 3.05) is 0 Å². The fraction of sp³-hybridized carbons (Fsp3) is 0.686. The van der Waals surface area contributed by atoms with Gasteiger partial charge in [0, 0.05) is 23.8 Å². The van der Waals surface area contributed by atoms with Gasteiger partial charge in [-0.2, -0.15) is 0 Å². The average molecular weight is 635 g/mol. The van der Waals surface area contributed by atoms with Crippen LogP contribution in [0.2, 0.25) is 0 Å². The first-order valence-electron chi connectivity index (χ1n) is 16.1. The van der Waals surface area contributed by atoms with E-state index in [0.29, 0.717) is 18.3 Å². The van der Waals surface area contributed by atoms with Crippen molar-refractivity contribution >= 4 is 29.5 Å². The van der Waals surface area contributed by atoms with Gasteiger partial charge >= 0.3 is 17.9 Å². The Morgan fingerprint density at radius 2 is 1.49 bits per heavy atom. The molecule has 10 nitrogen and oxygen atoms in total. The minimum atomic E-state index is -1.57. The Hall–Kier alpha value is -2.95. The molecule has 0 aromatic rings. The zero-order chi connectivity index (χ0) is 34.4. The van der Waals surface area contributed by atoms with E-state index in [2.05, 4.69) is 31.6 Å². The maximum absolute atomic E-state index is 12.9. The summed E-state index contributed by atoms with van der Waals surface area (Å²) in [6.07, 6.45) is 5.55. The second-order valence-corrected chi connectivity index (χ2v) is 12.8. The standard InChI is InChI=1S/C35H54O10/c1-9-27(15-14-22(4)36)12-10-11-20(2)17-21(3)13-16-28(37)24(6)30(39)18-29(38)23(5)26(8)44-32(41)19-31(40)33-25(7)34(42)45-35(33)43/h12,14-15,20-21,23-24,26,28-29,31,37-38,40H,9-11,13,16-19H2,1-8H3/b15-14+,27-12+/t20-,21-,23+,24-,26+,28-,29+,31+/m0/s1. The molecule has 1 heterocycles. The Morgan fingerprint density at radius 1 is 0.867 bits per heavy atom. The molecule has 1 rings (SSSR count). The van der Waals surface area contributed by atoms with Gasteiger partial charge in [0.25, 0.3) is 0 Å². The average Bonchev–Trinajstić information content (AvgIpc) is 3.22. The van der Waals surface area contributed by atoms with Crippen LogP contribution in [0.5, 0.6) is 0 Å². The summed E-state index contributed by atoms with van der Waals surface area (Å²) in [5.41, 5.74) is 0.801. The van der Waals surface area contributed by atoms with E-state index in [9.17, 15) is 39.3 Å². The second kappa shape index (κ2) is 19.5. The monoisotopic (exact) mass is 634 g/mol. The lowest BCUT2D eigenvalue weighted by molar-refractivity contribution is -0.154. The molecule has 8 atom stereocenters. The minimum Gasteiger partial charge on any atom is -0.462 e. The second-order valence-electron chi connectivity index (χ2n) is 12.8. The SMILES string of the molecule is CCC(/C=C/C(C)=O)=C\CC[C@H](C)C[C@@H](C)CC[C@H](O)[C@H](C)C(=O)C[C@@H](O)[C@H](C)[C@@H](C)OC(=O)C[C@@H](O)C1=C(C)C(=O)OC1=O. The molecule has 0 aliphatic carbocycles. The molecular weight excluding hydrogens is 580 g/mol. The van der Waals surface area contributed by atoms with Crippen molar-refractivity contribution in [3.05, 3.63) is 34.9 Å². The highest BCUT2D eigenvalue weighted by molar-refractivity contribution is 6.12. The first-order chi connectivity index (χ1) is 21.0. The Bertz CT molecular complexity index is 1130. The maximum Gasteiger partial charge on any atom is 0.345 e. The van der Waals surface area contributed by atoms with Crippen molar-refractivity contribution in [2.45, 2.75) is 131 Å². The number of ketones is 2. The molecule has 0 saturated heterocycles. The van der Waals surface area contributed by atoms with E-state index in [1.807, 2.05) is 6.08 Å². The van der Waals surface area contributed by atoms with Crippen molar-refractivity contribution in [1.29, 1.82) is 0 Å². The van der Waals surface area contributed by atoms with Gasteiger partial charge in [-0.05, 0) is 77.2 Å². The summed E-state index contributed by atoms with van der Waals surface area (Å²) < 4.78 is 9.74. The van der Waals surface area contributed by atoms with Crippen LogP contribution in [0.15, 0.2) is 34.9 Å². The van der Waals surface area contributed by atoms with Gasteiger partial charge in [-0.1, -0.05) is 52.3 Å². The van der Waals surface area contributed by atoms with Gasteiger partial charge in [-0.15, -0.1) is 0 Å². The maximum atomic E-state index is 12.9. The molecule has 0 spiro atoms. The van der Waals surface area contributed by atoms with Gasteiger partial charge < -0.3 is 24.8 Å². The molecule has 0 saturated carbocycles. The molecule has 1 aliphatic rings. The lowest BCUT2D eigenvalue weighted by Crippen LogP contribution is -2.36. The number of allylic oxidation sites excluding steroid dienone is 4. The van der Waals surface area contributed by atoms with Crippen LogP contribution >= 0.6 is 0 Å². The van der Waals surface area contributed by atoms with E-state index < -0.39 is 60.6 Å². The quantitative estimate of drug-likeness (QED) is 0.0696. The Kier molecular flexibility index (Phi) is 17.4. The Labute approximate surface area is 267 Å². The molecule has 3 N–H and O–H groups in total. The molecule has 0 radical (unpaired) electrons. The van der Waals surface area contributed by atoms with Gasteiger partial charge in [0.05, 0.1) is 30.3 Å². The molecule has 0 unspecified atom stereocenters. The highest BCUT2D eigenvalue weighted by Crippen LogP contribution is 2.26. The van der Waals surface area contributed by atoms with Crippen LogP contribution < -0.4 is 0 Å². The van der Waals surface area contributed by atoms with E-state index in [4.69, 9.17) is 4.74 Å². The van der Waals surface area contributed by atoms with Gasteiger partial charge in [0.2, 0.25) is 0 Å². The molecule has 45 heavy (non-hydrogen) atoms. The van der Waals surface area contributed by atoms with Gasteiger partial charge in [0.15, 0.2) is 5.78 Å². The number of hydrogen-bond donors (Lipinski definition) is 3. The van der Waals surface area contributed by atoms with Crippen molar-refractivity contribution in [3.63, 3.8) is 0 Å². The lowest BCUT2D eigenvalue weighted by Gasteiger charge is -2.27. The fourth-order valence-corrected chi connectivity index (χ4v) is 5.33. The van der Waals surface area contributed by atoms with Crippen LogP contribution in [0, 0.1) is 23.7 Å². The normalized spacial score (nSPS) is 19.5. The number of ether oxygens (including phenoxy) is 2. The summed E-state index contributed by atoms with van der Waals surface area (Å²) in [4.78, 5) is 59.6. The van der Waals surface area contributed by atoms with Crippen molar-refractivity contribution in [1.82, 2.24) is 0 Å². The first kappa shape index (κ1) is 40.1. The van der Waals surface area contributed by atoms with Crippen LogP contribution in [0.25, 0.3) is 0 Å². The largest absolute Gasteiger partial charge is 0.462 e. The lowest BCUT2D eigenvalue weighted by atomic mass is 9.85. The van der Waals surface area contributed by atoms with Crippen LogP contribution in [-0.2, 0) is 33.4 Å². The summed E-state index contributed by atoms with van der Waals surface area (Å²) in [5.74, 6) is -3.42. The van der Waals surface area contributed by atoms with E-state index in [-0.39, 0.29) is 29.1 Å². The molecule has 0 amide bonds. The molecule has 1 aliphatic heterocycles. The number of carbonyl (C=O) groups is 5. The van der Waals surface area contributed by atoms with Crippen molar-refractivity contribution in [2.24, 2.45) is 23.7 Å². The molecular formula is C35H54O10. The van der Waals surface area contributed by atoms with E-state index >= 15 is 0 Å². The number of esters is 3. The predicted molar refractivity (Wildman–Crippen MR) is 170 cm³/mol. The highest BCUT2D eigenvalue weighted by atomic mass is 16.6. The van der Waals surface area contributed by atoms with E-state index in [1.54, 1.807) is 26.8 Å². The number of aliphatic hydroxyl groups excluding tert-OH is 3. The molecule has 10 heteroatoms. The summed E-state index contributed by atoms with van der Waals surface area (Å²) in [5, 5.41) is 31.6. The summed E-state index contributed by atoms with van der Waals surface area (Å²) in [6.45, 7) is 14.1. The van der Waals surface area contributed by atoms with Gasteiger partial charge in [-0.3, -0.25) is 14.4 Å². The third-order valence-electron chi connectivity index (χ3n) is 8.74. The summed E-state index contributed by atoms with van der Waals surface area (Å²) in [7, 11) is 0. The van der Waals surface area contributed by atoms with Gasteiger partial charge in [-0.25, -0.2) is 9.59 Å². The molecule has 0 aromatic carbocycles. The number of carbonyl (C=O) groups excluding carboxylic acids is 5. The van der Waals surface area contributed by atoms with Crippen LogP contribution in [0.1, 0.15) is 107 Å². The Morgan fingerprint density at radius 3 is 2.04 bits per heavy atom. The molecule has 0 aromatic heterocycles. The van der Waals surface area contributed by atoms with Crippen molar-refractivity contribution < 1.29 is 48.8 Å². The Balaban J connectivity index is 2.48. The van der Waals surface area contributed by atoms with Gasteiger partial charge in [0.1, 0.15) is 11.9 Å². The van der Waals surface area contributed by atoms with E-state index in [1.165, 1.54) is 13.8 Å². The number of rotatable bonds is 21. The number of hydrogen-bond acceptors (Lipinski definition) is 10. The number of cyclic esters (lactones) is 2. The van der Waals surface area contributed by atoms with Crippen LogP contribution in [-0.4, -0.2) is 69.2 Å². The molecule has 0 bridgehead atoms. The predicted octanol–water partition coefficient (Wildman–Crippen LogP) is 4.73.